The minimum atomic E-state index is 0.154. The van der Waals surface area contributed by atoms with E-state index < -0.39 is 0 Å². The number of likely N-dealkylation sites (tertiary alicyclic amines) is 1. The Balaban J connectivity index is 1.81. The molecule has 0 spiro atoms. The molecule has 2 aliphatic heterocycles. The van der Waals surface area contributed by atoms with Gasteiger partial charge >= 0.3 is 0 Å². The number of aromatic nitrogens is 3. The molecule has 0 radical (unpaired) electrons. The molecule has 0 aromatic carbocycles. The van der Waals surface area contributed by atoms with Gasteiger partial charge < -0.3 is 14.5 Å². The van der Waals surface area contributed by atoms with Crippen LogP contribution in [0.25, 0.3) is 0 Å². The Labute approximate surface area is 150 Å². The average Bonchev–Trinajstić information content (AvgIpc) is 3.05. The number of piperidine rings is 2. The van der Waals surface area contributed by atoms with E-state index in [2.05, 4.69) is 33.5 Å². The molecule has 0 bridgehead atoms. The van der Waals surface area contributed by atoms with Crippen molar-refractivity contribution in [3.8, 4) is 0 Å². The molecule has 2 aliphatic rings. The van der Waals surface area contributed by atoms with Crippen molar-refractivity contribution in [2.75, 3.05) is 31.6 Å². The lowest BCUT2D eigenvalue weighted by molar-refractivity contribution is -0.132. The van der Waals surface area contributed by atoms with Gasteiger partial charge in [-0.15, -0.1) is 10.2 Å². The lowest BCUT2D eigenvalue weighted by Gasteiger charge is -2.38. The number of hydrogen-bond donors (Lipinski definition) is 0. The number of carbonyl (C=O) groups excluding carboxylic acids is 1. The van der Waals surface area contributed by atoms with Crippen LogP contribution in [0.5, 0.6) is 0 Å². The first-order valence-corrected chi connectivity index (χ1v) is 9.54. The standard InChI is InChI=1S/C18H31N5O2/c1-5-22-17(16-7-6-10-23(13(16)2)14(3)24)19-20-18(22)21-11-8-15(25-4)9-12-21/h13,15-16H,5-12H2,1-4H3/t13-,16-/m0/s1. The van der Waals surface area contributed by atoms with Crippen molar-refractivity contribution in [2.45, 2.75) is 71.1 Å². The van der Waals surface area contributed by atoms with Crippen LogP contribution in [0.3, 0.4) is 0 Å². The molecule has 3 rings (SSSR count). The Morgan fingerprint density at radius 3 is 2.52 bits per heavy atom. The van der Waals surface area contributed by atoms with E-state index >= 15 is 0 Å². The van der Waals surface area contributed by atoms with Crippen LogP contribution in [0, 0.1) is 0 Å². The molecular weight excluding hydrogens is 318 g/mol. The molecule has 2 atom stereocenters. The van der Waals surface area contributed by atoms with Crippen molar-refractivity contribution in [1.29, 1.82) is 0 Å². The van der Waals surface area contributed by atoms with Gasteiger partial charge in [-0.2, -0.15) is 0 Å². The van der Waals surface area contributed by atoms with E-state index in [9.17, 15) is 4.79 Å². The fraction of sp³-hybridized carbons (Fsp3) is 0.833. The van der Waals surface area contributed by atoms with Crippen LogP contribution in [-0.4, -0.2) is 64.5 Å². The first kappa shape index (κ1) is 18.2. The fourth-order valence-corrected chi connectivity index (χ4v) is 4.34. The highest BCUT2D eigenvalue weighted by Crippen LogP contribution is 2.33. The van der Waals surface area contributed by atoms with Crippen LogP contribution in [0.15, 0.2) is 0 Å². The highest BCUT2D eigenvalue weighted by atomic mass is 16.5. The van der Waals surface area contributed by atoms with Gasteiger partial charge in [0, 0.05) is 52.2 Å². The summed E-state index contributed by atoms with van der Waals surface area (Å²) < 4.78 is 7.72. The van der Waals surface area contributed by atoms with Gasteiger partial charge in [-0.3, -0.25) is 9.36 Å². The summed E-state index contributed by atoms with van der Waals surface area (Å²) in [6.45, 7) is 9.57. The van der Waals surface area contributed by atoms with E-state index in [1.165, 1.54) is 0 Å². The van der Waals surface area contributed by atoms with Crippen LogP contribution in [0.1, 0.15) is 58.2 Å². The molecule has 2 saturated heterocycles. The van der Waals surface area contributed by atoms with E-state index in [-0.39, 0.29) is 17.9 Å². The zero-order valence-electron chi connectivity index (χ0n) is 15.9. The second kappa shape index (κ2) is 7.72. The number of anilines is 1. The summed E-state index contributed by atoms with van der Waals surface area (Å²) >= 11 is 0. The maximum Gasteiger partial charge on any atom is 0.227 e. The van der Waals surface area contributed by atoms with Gasteiger partial charge in [-0.25, -0.2) is 0 Å². The Morgan fingerprint density at radius 1 is 1.20 bits per heavy atom. The number of methoxy groups -OCH3 is 1. The van der Waals surface area contributed by atoms with Gasteiger partial charge in [0.05, 0.1) is 6.10 Å². The van der Waals surface area contributed by atoms with Crippen molar-refractivity contribution in [1.82, 2.24) is 19.7 Å². The summed E-state index contributed by atoms with van der Waals surface area (Å²) in [4.78, 5) is 16.2. The van der Waals surface area contributed by atoms with Crippen molar-refractivity contribution in [2.24, 2.45) is 0 Å². The fourth-order valence-electron chi connectivity index (χ4n) is 4.34. The number of rotatable bonds is 4. The molecule has 1 amide bonds. The van der Waals surface area contributed by atoms with E-state index in [0.717, 1.165) is 63.6 Å². The number of ether oxygens (including phenoxy) is 1. The highest BCUT2D eigenvalue weighted by molar-refractivity contribution is 5.73. The van der Waals surface area contributed by atoms with E-state index in [1.54, 1.807) is 14.0 Å². The summed E-state index contributed by atoms with van der Waals surface area (Å²) in [7, 11) is 1.79. The summed E-state index contributed by atoms with van der Waals surface area (Å²) in [6, 6.07) is 0.174. The smallest absolute Gasteiger partial charge is 0.227 e. The zero-order valence-corrected chi connectivity index (χ0v) is 15.9. The summed E-state index contributed by atoms with van der Waals surface area (Å²) in [5.41, 5.74) is 0. The largest absolute Gasteiger partial charge is 0.381 e. The average molecular weight is 349 g/mol. The van der Waals surface area contributed by atoms with E-state index in [0.29, 0.717) is 6.10 Å². The van der Waals surface area contributed by atoms with Crippen molar-refractivity contribution in [3.05, 3.63) is 5.82 Å². The van der Waals surface area contributed by atoms with Gasteiger partial charge in [0.15, 0.2) is 0 Å². The van der Waals surface area contributed by atoms with Gasteiger partial charge in [-0.05, 0) is 39.5 Å². The minimum Gasteiger partial charge on any atom is -0.381 e. The third-order valence-corrected chi connectivity index (χ3v) is 5.86. The topological polar surface area (TPSA) is 63.5 Å². The maximum atomic E-state index is 11.9. The predicted molar refractivity (Wildman–Crippen MR) is 96.8 cm³/mol. The summed E-state index contributed by atoms with van der Waals surface area (Å²) in [5.74, 6) is 2.42. The molecule has 0 saturated carbocycles. The second-order valence-electron chi connectivity index (χ2n) is 7.23. The molecular formula is C18H31N5O2. The Hall–Kier alpha value is -1.63. The summed E-state index contributed by atoms with van der Waals surface area (Å²) in [6.07, 6.45) is 4.51. The van der Waals surface area contributed by atoms with Gasteiger partial charge in [0.2, 0.25) is 11.9 Å². The quantitative estimate of drug-likeness (QED) is 0.832. The highest BCUT2D eigenvalue weighted by Gasteiger charge is 2.35. The van der Waals surface area contributed by atoms with Crippen molar-refractivity contribution < 1.29 is 9.53 Å². The molecule has 7 nitrogen and oxygen atoms in total. The van der Waals surface area contributed by atoms with Crippen LogP contribution in [0.2, 0.25) is 0 Å². The molecule has 0 aliphatic carbocycles. The molecule has 3 heterocycles. The molecule has 2 fully saturated rings. The number of carbonyl (C=O) groups is 1. The van der Waals surface area contributed by atoms with E-state index in [4.69, 9.17) is 4.74 Å². The number of hydrogen-bond acceptors (Lipinski definition) is 5. The van der Waals surface area contributed by atoms with Crippen LogP contribution in [-0.2, 0) is 16.1 Å². The molecule has 0 N–H and O–H groups in total. The number of nitrogens with zero attached hydrogens (tertiary/aromatic N) is 5. The van der Waals surface area contributed by atoms with E-state index in [1.807, 2.05) is 4.90 Å². The number of amides is 1. The molecule has 0 unspecified atom stereocenters. The second-order valence-corrected chi connectivity index (χ2v) is 7.23. The third kappa shape index (κ3) is 3.52. The SMILES string of the molecule is CCn1c([C@H]2CCCN(C(C)=O)[C@H]2C)nnc1N1CCC(OC)CC1. The summed E-state index contributed by atoms with van der Waals surface area (Å²) in [5, 5.41) is 9.11. The van der Waals surface area contributed by atoms with Crippen LogP contribution < -0.4 is 4.90 Å². The molecule has 140 valence electrons. The zero-order chi connectivity index (χ0) is 18.0. The lowest BCUT2D eigenvalue weighted by atomic mass is 9.89. The Bertz CT molecular complexity index is 594. The Kier molecular flexibility index (Phi) is 5.61. The minimum absolute atomic E-state index is 0.154. The van der Waals surface area contributed by atoms with Gasteiger partial charge in [-0.1, -0.05) is 0 Å². The predicted octanol–water partition coefficient (Wildman–Crippen LogP) is 2.03. The molecule has 25 heavy (non-hydrogen) atoms. The maximum absolute atomic E-state index is 11.9. The van der Waals surface area contributed by atoms with Crippen LogP contribution in [0.4, 0.5) is 5.95 Å². The molecule has 1 aromatic rings. The van der Waals surface area contributed by atoms with Crippen molar-refractivity contribution >= 4 is 11.9 Å². The third-order valence-electron chi connectivity index (χ3n) is 5.86. The van der Waals surface area contributed by atoms with Gasteiger partial charge in [0.25, 0.3) is 0 Å². The molecule has 1 aromatic heterocycles. The normalized spacial score (nSPS) is 25.4. The van der Waals surface area contributed by atoms with Crippen molar-refractivity contribution in [3.63, 3.8) is 0 Å². The molecule has 7 heteroatoms. The lowest BCUT2D eigenvalue weighted by Crippen LogP contribution is -2.45. The first-order valence-electron chi connectivity index (χ1n) is 9.54. The monoisotopic (exact) mass is 349 g/mol. The van der Waals surface area contributed by atoms with Crippen LogP contribution >= 0.6 is 0 Å². The van der Waals surface area contributed by atoms with Gasteiger partial charge in [0.1, 0.15) is 5.82 Å². The Morgan fingerprint density at radius 2 is 1.92 bits per heavy atom. The first-order chi connectivity index (χ1) is 12.1.